The van der Waals surface area contributed by atoms with Crippen molar-refractivity contribution in [2.24, 2.45) is 5.92 Å². The van der Waals surface area contributed by atoms with Gasteiger partial charge in [-0.15, -0.1) is 0 Å². The monoisotopic (exact) mass is 393 g/mol. The summed E-state index contributed by atoms with van der Waals surface area (Å²) < 4.78 is 10.6. The number of ether oxygens (including phenoxy) is 2. The molecule has 2 rings (SSSR count). The molecule has 1 aliphatic rings. The second-order valence-corrected chi connectivity index (χ2v) is 9.06. The fraction of sp³-hybridized carbons (Fsp3) is 0.650. The average molecular weight is 393 g/mol. The van der Waals surface area contributed by atoms with E-state index in [4.69, 9.17) is 9.47 Å². The Kier molecular flexibility index (Phi) is 6.54. The number of pyridine rings is 1. The Labute approximate surface area is 166 Å². The van der Waals surface area contributed by atoms with Crippen LogP contribution in [0.3, 0.4) is 0 Å². The fourth-order valence-corrected chi connectivity index (χ4v) is 2.87. The number of hydrogen-bond donors (Lipinski definition) is 2. The molecule has 0 unspecified atom stereocenters. The molecule has 2 N–H and O–H groups in total. The van der Waals surface area contributed by atoms with Crippen LogP contribution in [0.15, 0.2) is 18.2 Å². The van der Waals surface area contributed by atoms with E-state index in [2.05, 4.69) is 10.3 Å². The summed E-state index contributed by atoms with van der Waals surface area (Å²) in [5.41, 5.74) is -0.465. The first-order valence-electron chi connectivity index (χ1n) is 9.44. The van der Waals surface area contributed by atoms with Gasteiger partial charge in [0.25, 0.3) is 0 Å². The minimum atomic E-state index is -0.656. The molecule has 1 aromatic rings. The van der Waals surface area contributed by atoms with Crippen molar-refractivity contribution in [1.29, 1.82) is 0 Å². The summed E-state index contributed by atoms with van der Waals surface area (Å²) in [5, 5.41) is 13.0. The molecule has 28 heavy (non-hydrogen) atoms. The standard InChI is InChI=1S/C20H31N3O5/c1-19(2,3)27-17(25)22-16-9-7-8-14(21-16)10-13-11-23(12-15(13)24)18(26)28-20(4,5)6/h7-9,13,15,24H,10-12H2,1-6H3,(H,21,22,25)/t13-,15-/m0/s1. The molecule has 2 amide bonds. The second kappa shape index (κ2) is 8.34. The lowest BCUT2D eigenvalue weighted by molar-refractivity contribution is 0.0269. The second-order valence-electron chi connectivity index (χ2n) is 9.06. The number of β-amino-alcohol motifs (C(OH)–C–C–N with tert-alkyl or cyclic N) is 1. The molecule has 2 heterocycles. The fourth-order valence-electron chi connectivity index (χ4n) is 2.87. The van der Waals surface area contributed by atoms with E-state index in [1.165, 1.54) is 4.90 Å². The molecule has 0 spiro atoms. The molecule has 1 fully saturated rings. The van der Waals surface area contributed by atoms with Crippen LogP contribution in [0.5, 0.6) is 0 Å². The molecule has 1 aliphatic heterocycles. The highest BCUT2D eigenvalue weighted by Crippen LogP contribution is 2.23. The average Bonchev–Trinajstić information content (AvgIpc) is 2.85. The SMILES string of the molecule is CC(C)(C)OC(=O)Nc1cccc(C[C@H]2CN(C(=O)OC(C)(C)C)C[C@@H]2O)n1. The molecule has 0 aliphatic carbocycles. The van der Waals surface area contributed by atoms with Crippen LogP contribution in [0, 0.1) is 5.92 Å². The summed E-state index contributed by atoms with van der Waals surface area (Å²) in [4.78, 5) is 30.0. The summed E-state index contributed by atoms with van der Waals surface area (Å²) in [6, 6.07) is 5.27. The summed E-state index contributed by atoms with van der Waals surface area (Å²) in [6.07, 6.45) is -1.18. The van der Waals surface area contributed by atoms with Crippen molar-refractivity contribution in [2.45, 2.75) is 65.3 Å². The zero-order valence-corrected chi connectivity index (χ0v) is 17.5. The number of aliphatic hydroxyl groups excluding tert-OH is 1. The van der Waals surface area contributed by atoms with Crippen molar-refractivity contribution in [3.05, 3.63) is 23.9 Å². The van der Waals surface area contributed by atoms with Crippen LogP contribution in [0.1, 0.15) is 47.2 Å². The Hall–Kier alpha value is -2.35. The molecule has 0 aromatic carbocycles. The first-order valence-corrected chi connectivity index (χ1v) is 9.44. The number of anilines is 1. The normalized spacial score (nSPS) is 20.0. The van der Waals surface area contributed by atoms with Crippen LogP contribution >= 0.6 is 0 Å². The molecule has 8 nitrogen and oxygen atoms in total. The first kappa shape index (κ1) is 21.9. The van der Waals surface area contributed by atoms with Crippen molar-refractivity contribution in [3.63, 3.8) is 0 Å². The van der Waals surface area contributed by atoms with E-state index in [0.717, 1.165) is 0 Å². The van der Waals surface area contributed by atoms with E-state index in [9.17, 15) is 14.7 Å². The zero-order chi connectivity index (χ0) is 21.1. The van der Waals surface area contributed by atoms with Crippen molar-refractivity contribution < 1.29 is 24.2 Å². The third-order valence-electron chi connectivity index (χ3n) is 3.97. The van der Waals surface area contributed by atoms with Gasteiger partial charge in [-0.25, -0.2) is 14.6 Å². The Balaban J connectivity index is 1.96. The van der Waals surface area contributed by atoms with Crippen molar-refractivity contribution in [3.8, 4) is 0 Å². The molecule has 8 heteroatoms. The number of nitrogens with one attached hydrogen (secondary N) is 1. The zero-order valence-electron chi connectivity index (χ0n) is 17.5. The summed E-state index contributed by atoms with van der Waals surface area (Å²) in [6.45, 7) is 11.4. The van der Waals surface area contributed by atoms with Gasteiger partial charge in [-0.1, -0.05) is 6.07 Å². The molecule has 1 saturated heterocycles. The van der Waals surface area contributed by atoms with Crippen LogP contribution in [0.4, 0.5) is 15.4 Å². The molecule has 2 atom stereocenters. The van der Waals surface area contributed by atoms with Crippen molar-refractivity contribution in [2.75, 3.05) is 18.4 Å². The number of amides is 2. The maximum atomic E-state index is 12.2. The van der Waals surface area contributed by atoms with Gasteiger partial charge in [0.15, 0.2) is 0 Å². The van der Waals surface area contributed by atoms with Crippen molar-refractivity contribution >= 4 is 18.0 Å². The van der Waals surface area contributed by atoms with Gasteiger partial charge in [-0.05, 0) is 60.1 Å². The summed E-state index contributed by atoms with van der Waals surface area (Å²) in [5.74, 6) is 0.222. The van der Waals surface area contributed by atoms with E-state index in [1.54, 1.807) is 32.9 Å². The number of likely N-dealkylation sites (tertiary alicyclic amines) is 1. The molecule has 0 saturated carbocycles. The Morgan fingerprint density at radius 2 is 1.79 bits per heavy atom. The number of aliphatic hydroxyl groups is 1. The van der Waals surface area contributed by atoms with E-state index in [0.29, 0.717) is 24.5 Å². The van der Waals surface area contributed by atoms with Gasteiger partial charge >= 0.3 is 12.2 Å². The number of carbonyl (C=O) groups is 2. The smallest absolute Gasteiger partial charge is 0.413 e. The number of carbonyl (C=O) groups excluding carboxylic acids is 2. The molecule has 156 valence electrons. The van der Waals surface area contributed by atoms with Crippen molar-refractivity contribution in [1.82, 2.24) is 9.88 Å². The molecule has 0 bridgehead atoms. The van der Waals surface area contributed by atoms with E-state index in [-0.39, 0.29) is 12.5 Å². The topological polar surface area (TPSA) is 101 Å². The maximum absolute atomic E-state index is 12.2. The molecular weight excluding hydrogens is 362 g/mol. The minimum Gasteiger partial charge on any atom is -0.444 e. The third-order valence-corrected chi connectivity index (χ3v) is 3.97. The van der Waals surface area contributed by atoms with Gasteiger partial charge in [0.1, 0.15) is 17.0 Å². The Morgan fingerprint density at radius 1 is 1.14 bits per heavy atom. The van der Waals surface area contributed by atoms with Gasteiger partial charge in [0, 0.05) is 18.2 Å². The number of aromatic nitrogens is 1. The van der Waals surface area contributed by atoms with Gasteiger partial charge in [-0.3, -0.25) is 5.32 Å². The van der Waals surface area contributed by atoms with Crippen LogP contribution in [0.25, 0.3) is 0 Å². The highest BCUT2D eigenvalue weighted by Gasteiger charge is 2.36. The molecule has 1 aromatic heterocycles. The maximum Gasteiger partial charge on any atom is 0.413 e. The number of nitrogens with zero attached hydrogens (tertiary/aromatic N) is 2. The Morgan fingerprint density at radius 3 is 2.39 bits per heavy atom. The van der Waals surface area contributed by atoms with E-state index in [1.807, 2.05) is 26.8 Å². The van der Waals surface area contributed by atoms with Gasteiger partial charge < -0.3 is 19.5 Å². The largest absolute Gasteiger partial charge is 0.444 e. The lowest BCUT2D eigenvalue weighted by Crippen LogP contribution is -2.35. The highest BCUT2D eigenvalue weighted by molar-refractivity contribution is 5.83. The van der Waals surface area contributed by atoms with Crippen LogP contribution in [0.2, 0.25) is 0 Å². The van der Waals surface area contributed by atoms with Gasteiger partial charge in [-0.2, -0.15) is 0 Å². The molecular formula is C20H31N3O5. The van der Waals surface area contributed by atoms with E-state index >= 15 is 0 Å². The predicted molar refractivity (Wildman–Crippen MR) is 105 cm³/mol. The van der Waals surface area contributed by atoms with E-state index < -0.39 is 29.5 Å². The summed E-state index contributed by atoms with van der Waals surface area (Å²) in [7, 11) is 0. The molecule has 0 radical (unpaired) electrons. The highest BCUT2D eigenvalue weighted by atomic mass is 16.6. The third kappa shape index (κ3) is 6.99. The van der Waals surface area contributed by atoms with Crippen LogP contribution in [-0.4, -0.2) is 57.6 Å². The lowest BCUT2D eigenvalue weighted by atomic mass is 10.00. The minimum absolute atomic E-state index is 0.156. The van der Waals surface area contributed by atoms with Crippen LogP contribution < -0.4 is 5.32 Å². The Bertz CT molecular complexity index is 709. The first-order chi connectivity index (χ1) is 12.8. The quantitative estimate of drug-likeness (QED) is 0.818. The lowest BCUT2D eigenvalue weighted by Gasteiger charge is -2.24. The van der Waals surface area contributed by atoms with Gasteiger partial charge in [0.05, 0.1) is 12.6 Å². The van der Waals surface area contributed by atoms with Gasteiger partial charge in [0.2, 0.25) is 0 Å². The number of hydrogen-bond acceptors (Lipinski definition) is 6. The van der Waals surface area contributed by atoms with Crippen LogP contribution in [-0.2, 0) is 15.9 Å². The summed E-state index contributed by atoms with van der Waals surface area (Å²) >= 11 is 0. The predicted octanol–water partition coefficient (Wildman–Crippen LogP) is 3.20. The number of rotatable bonds is 3.